The summed E-state index contributed by atoms with van der Waals surface area (Å²) in [5.41, 5.74) is 1.90. The Bertz CT molecular complexity index is 573. The standard InChI is InChI=1S/C14H10F3I/c1-9-5-6-12(13(18)7-9)10-3-2-4-11(8-10)14(15,16)17/h2-8H,1H3. The number of aryl methyl sites for hydroxylation is 1. The van der Waals surface area contributed by atoms with Crippen molar-refractivity contribution >= 4 is 22.6 Å². The van der Waals surface area contributed by atoms with E-state index < -0.39 is 11.7 Å². The molecule has 0 N–H and O–H groups in total. The molecule has 0 amide bonds. The summed E-state index contributed by atoms with van der Waals surface area (Å²) in [6, 6.07) is 11.1. The maximum absolute atomic E-state index is 12.6. The van der Waals surface area contributed by atoms with Crippen molar-refractivity contribution in [1.82, 2.24) is 0 Å². The van der Waals surface area contributed by atoms with Gasteiger partial charge in [-0.1, -0.05) is 29.8 Å². The summed E-state index contributed by atoms with van der Waals surface area (Å²) < 4.78 is 38.9. The van der Waals surface area contributed by atoms with Crippen molar-refractivity contribution in [2.75, 3.05) is 0 Å². The molecule has 0 saturated carbocycles. The lowest BCUT2D eigenvalue weighted by Crippen LogP contribution is -2.04. The minimum absolute atomic E-state index is 0.592. The second-order valence-corrected chi connectivity index (χ2v) is 5.22. The fraction of sp³-hybridized carbons (Fsp3) is 0.143. The van der Waals surface area contributed by atoms with Crippen molar-refractivity contribution in [1.29, 1.82) is 0 Å². The van der Waals surface area contributed by atoms with E-state index in [1.165, 1.54) is 12.1 Å². The quantitative estimate of drug-likeness (QED) is 0.605. The molecule has 2 aromatic rings. The summed E-state index contributed by atoms with van der Waals surface area (Å²) in [5.74, 6) is 0. The highest BCUT2D eigenvalue weighted by atomic mass is 127. The van der Waals surface area contributed by atoms with Gasteiger partial charge in [0.05, 0.1) is 5.56 Å². The zero-order chi connectivity index (χ0) is 13.3. The van der Waals surface area contributed by atoms with Gasteiger partial charge >= 0.3 is 6.18 Å². The van der Waals surface area contributed by atoms with Gasteiger partial charge in [0, 0.05) is 3.57 Å². The van der Waals surface area contributed by atoms with Crippen LogP contribution in [0.25, 0.3) is 11.1 Å². The first-order valence-electron chi connectivity index (χ1n) is 5.32. The Hall–Kier alpha value is -1.04. The Kier molecular flexibility index (Phi) is 3.66. The highest BCUT2D eigenvalue weighted by Gasteiger charge is 2.30. The van der Waals surface area contributed by atoms with Gasteiger partial charge in [0.25, 0.3) is 0 Å². The fourth-order valence-corrected chi connectivity index (χ4v) is 2.70. The van der Waals surface area contributed by atoms with Crippen LogP contribution in [0.1, 0.15) is 11.1 Å². The largest absolute Gasteiger partial charge is 0.416 e. The molecule has 0 aliphatic rings. The van der Waals surface area contributed by atoms with E-state index in [2.05, 4.69) is 22.6 Å². The van der Waals surface area contributed by atoms with Gasteiger partial charge < -0.3 is 0 Å². The first kappa shape index (κ1) is 13.4. The summed E-state index contributed by atoms with van der Waals surface area (Å²) in [7, 11) is 0. The van der Waals surface area contributed by atoms with E-state index >= 15 is 0 Å². The molecule has 94 valence electrons. The lowest BCUT2D eigenvalue weighted by molar-refractivity contribution is -0.137. The number of alkyl halides is 3. The van der Waals surface area contributed by atoms with Crippen molar-refractivity contribution in [2.45, 2.75) is 13.1 Å². The van der Waals surface area contributed by atoms with Gasteiger partial charge in [0.15, 0.2) is 0 Å². The molecule has 0 aliphatic heterocycles. The van der Waals surface area contributed by atoms with Crippen molar-refractivity contribution in [2.24, 2.45) is 0 Å². The van der Waals surface area contributed by atoms with Crippen LogP contribution < -0.4 is 0 Å². The Balaban J connectivity index is 2.51. The number of rotatable bonds is 1. The van der Waals surface area contributed by atoms with Gasteiger partial charge in [-0.05, 0) is 58.8 Å². The smallest absolute Gasteiger partial charge is 0.166 e. The minimum Gasteiger partial charge on any atom is -0.166 e. The third-order valence-electron chi connectivity index (χ3n) is 2.63. The maximum atomic E-state index is 12.6. The van der Waals surface area contributed by atoms with Gasteiger partial charge in [-0.25, -0.2) is 0 Å². The predicted octanol–water partition coefficient (Wildman–Crippen LogP) is 5.29. The normalized spacial score (nSPS) is 11.6. The van der Waals surface area contributed by atoms with Crippen molar-refractivity contribution in [3.05, 3.63) is 57.2 Å². The summed E-state index contributed by atoms with van der Waals surface area (Å²) in [6.45, 7) is 1.96. The summed E-state index contributed by atoms with van der Waals surface area (Å²) >= 11 is 2.14. The Morgan fingerprint density at radius 1 is 1.00 bits per heavy atom. The molecule has 4 heteroatoms. The third kappa shape index (κ3) is 2.85. The van der Waals surface area contributed by atoms with Crippen molar-refractivity contribution in [3.63, 3.8) is 0 Å². The highest BCUT2D eigenvalue weighted by molar-refractivity contribution is 14.1. The predicted molar refractivity (Wildman–Crippen MR) is 74.3 cm³/mol. The molecule has 0 nitrogen and oxygen atoms in total. The molecule has 0 atom stereocenters. The molecule has 2 aromatic carbocycles. The molecule has 0 fully saturated rings. The van der Waals surface area contributed by atoms with Crippen LogP contribution >= 0.6 is 22.6 Å². The lowest BCUT2D eigenvalue weighted by Gasteiger charge is -2.10. The molecular formula is C14H10F3I. The van der Waals surface area contributed by atoms with Gasteiger partial charge in [0.1, 0.15) is 0 Å². The van der Waals surface area contributed by atoms with E-state index in [-0.39, 0.29) is 0 Å². The van der Waals surface area contributed by atoms with Crippen LogP contribution in [0, 0.1) is 10.5 Å². The monoisotopic (exact) mass is 362 g/mol. The molecule has 0 radical (unpaired) electrons. The van der Waals surface area contributed by atoms with Crippen molar-refractivity contribution in [3.8, 4) is 11.1 Å². The maximum Gasteiger partial charge on any atom is 0.416 e. The van der Waals surface area contributed by atoms with E-state index in [0.29, 0.717) is 5.56 Å². The van der Waals surface area contributed by atoms with E-state index in [1.54, 1.807) is 6.07 Å². The van der Waals surface area contributed by atoms with Crippen LogP contribution in [0.4, 0.5) is 13.2 Å². The summed E-state index contributed by atoms with van der Waals surface area (Å²) in [4.78, 5) is 0. The molecule has 0 unspecified atom stereocenters. The van der Waals surface area contributed by atoms with Crippen LogP contribution in [-0.4, -0.2) is 0 Å². The van der Waals surface area contributed by atoms with E-state index in [9.17, 15) is 13.2 Å². The average molecular weight is 362 g/mol. The van der Waals surface area contributed by atoms with Crippen LogP contribution in [0.15, 0.2) is 42.5 Å². The van der Waals surface area contributed by atoms with Gasteiger partial charge in [-0.3, -0.25) is 0 Å². The zero-order valence-electron chi connectivity index (χ0n) is 9.55. The van der Waals surface area contributed by atoms with Gasteiger partial charge in [-0.15, -0.1) is 0 Å². The molecule has 0 saturated heterocycles. The molecule has 0 bridgehead atoms. The van der Waals surface area contributed by atoms with Crippen molar-refractivity contribution < 1.29 is 13.2 Å². The SMILES string of the molecule is Cc1ccc(-c2cccc(C(F)(F)F)c2)c(I)c1. The second-order valence-electron chi connectivity index (χ2n) is 4.06. The van der Waals surface area contributed by atoms with Gasteiger partial charge in [-0.2, -0.15) is 13.2 Å². The molecule has 18 heavy (non-hydrogen) atoms. The molecule has 0 heterocycles. The molecular weight excluding hydrogens is 352 g/mol. The zero-order valence-corrected chi connectivity index (χ0v) is 11.7. The molecule has 0 aliphatic carbocycles. The van der Waals surface area contributed by atoms with Gasteiger partial charge in [0.2, 0.25) is 0 Å². The summed E-state index contributed by atoms with van der Waals surface area (Å²) in [5, 5.41) is 0. The van der Waals surface area contributed by atoms with Crippen LogP contribution in [0.5, 0.6) is 0 Å². The average Bonchev–Trinajstić information content (AvgIpc) is 2.28. The summed E-state index contributed by atoms with van der Waals surface area (Å²) in [6.07, 6.45) is -4.30. The first-order chi connectivity index (χ1) is 8.38. The van der Waals surface area contributed by atoms with E-state index in [0.717, 1.165) is 20.8 Å². The second kappa shape index (κ2) is 4.91. The van der Waals surface area contributed by atoms with E-state index in [1.807, 2.05) is 25.1 Å². The highest BCUT2D eigenvalue weighted by Crippen LogP contribution is 2.33. The number of benzene rings is 2. The topological polar surface area (TPSA) is 0 Å². The lowest BCUT2D eigenvalue weighted by atomic mass is 10.0. The number of hydrogen-bond donors (Lipinski definition) is 0. The van der Waals surface area contributed by atoms with Crippen LogP contribution in [-0.2, 0) is 6.18 Å². The van der Waals surface area contributed by atoms with E-state index in [4.69, 9.17) is 0 Å². The fourth-order valence-electron chi connectivity index (χ4n) is 1.72. The Labute approximate surface area is 117 Å². The molecule has 0 aromatic heterocycles. The number of hydrogen-bond acceptors (Lipinski definition) is 0. The third-order valence-corrected chi connectivity index (χ3v) is 3.52. The number of halogens is 4. The molecule has 0 spiro atoms. The first-order valence-corrected chi connectivity index (χ1v) is 6.39. The Morgan fingerprint density at radius 3 is 2.33 bits per heavy atom. The minimum atomic E-state index is -4.30. The van der Waals surface area contributed by atoms with Crippen LogP contribution in [0.2, 0.25) is 0 Å². The Morgan fingerprint density at radius 2 is 1.72 bits per heavy atom. The molecule has 2 rings (SSSR count). The van der Waals surface area contributed by atoms with Crippen LogP contribution in [0.3, 0.4) is 0 Å².